The zero-order valence-corrected chi connectivity index (χ0v) is 11.7. The lowest BCUT2D eigenvalue weighted by atomic mass is 10.2. The highest BCUT2D eigenvalue weighted by atomic mass is 19.1. The van der Waals surface area contributed by atoms with E-state index in [4.69, 9.17) is 9.84 Å². The van der Waals surface area contributed by atoms with Crippen molar-refractivity contribution in [3.8, 4) is 5.75 Å². The third kappa shape index (κ3) is 3.47. The molecule has 2 aromatic rings. The summed E-state index contributed by atoms with van der Waals surface area (Å²) in [5.74, 6) is -0.867. The fourth-order valence-electron chi connectivity index (χ4n) is 1.86. The number of halogens is 1. The zero-order valence-electron chi connectivity index (χ0n) is 11.7. The number of hydrogen-bond donors (Lipinski definition) is 2. The number of pyridine rings is 1. The molecule has 0 unspecified atom stereocenters. The normalized spacial score (nSPS) is 10.2. The number of carboxylic acid groups (broad SMARTS) is 1. The van der Waals surface area contributed by atoms with E-state index in [1.807, 2.05) is 0 Å². The molecule has 0 spiro atoms. The molecule has 2 N–H and O–H groups in total. The van der Waals surface area contributed by atoms with Crippen LogP contribution >= 0.6 is 0 Å². The molecule has 21 heavy (non-hydrogen) atoms. The largest absolute Gasteiger partial charge is 0.491 e. The molecule has 2 rings (SSSR count). The number of carboxylic acids is 1. The number of anilines is 2. The summed E-state index contributed by atoms with van der Waals surface area (Å²) < 4.78 is 18.8. The van der Waals surface area contributed by atoms with Crippen LogP contribution in [0.1, 0.15) is 23.0 Å². The van der Waals surface area contributed by atoms with Crippen LogP contribution in [0.5, 0.6) is 5.75 Å². The average Bonchev–Trinajstić information content (AvgIpc) is 2.41. The molecule has 0 aliphatic rings. The second-order valence-corrected chi connectivity index (χ2v) is 4.34. The summed E-state index contributed by atoms with van der Waals surface area (Å²) in [6.07, 6.45) is 0. The van der Waals surface area contributed by atoms with Crippen molar-refractivity contribution < 1.29 is 19.0 Å². The van der Waals surface area contributed by atoms with E-state index in [1.54, 1.807) is 19.9 Å². The van der Waals surface area contributed by atoms with Crippen molar-refractivity contribution in [1.29, 1.82) is 0 Å². The highest BCUT2D eigenvalue weighted by molar-refractivity contribution is 5.89. The van der Waals surface area contributed by atoms with Gasteiger partial charge in [-0.1, -0.05) is 0 Å². The Morgan fingerprint density at radius 3 is 2.71 bits per heavy atom. The summed E-state index contributed by atoms with van der Waals surface area (Å²) in [5.41, 5.74) is 1.03. The van der Waals surface area contributed by atoms with Crippen molar-refractivity contribution in [3.63, 3.8) is 0 Å². The molecule has 1 aromatic heterocycles. The zero-order chi connectivity index (χ0) is 15.4. The van der Waals surface area contributed by atoms with Gasteiger partial charge in [-0.2, -0.15) is 0 Å². The fraction of sp³-hybridized carbons (Fsp3) is 0.200. The SMILES string of the molecule is CCOc1ccc(Nc2ccc(C(=O)O)c(C)n2)cc1F. The summed E-state index contributed by atoms with van der Waals surface area (Å²) in [5, 5.41) is 11.9. The van der Waals surface area contributed by atoms with Crippen LogP contribution in [0.25, 0.3) is 0 Å². The Kier molecular flexibility index (Phi) is 4.37. The summed E-state index contributed by atoms with van der Waals surface area (Å²) in [6, 6.07) is 7.48. The van der Waals surface area contributed by atoms with Crippen molar-refractivity contribution in [2.75, 3.05) is 11.9 Å². The Morgan fingerprint density at radius 2 is 2.14 bits per heavy atom. The molecule has 0 saturated carbocycles. The lowest BCUT2D eigenvalue weighted by Crippen LogP contribution is -2.04. The lowest BCUT2D eigenvalue weighted by molar-refractivity contribution is 0.0695. The standard InChI is InChI=1S/C15H15FN2O3/c1-3-21-13-6-4-10(8-12(13)16)18-14-7-5-11(15(19)20)9(2)17-14/h4-8H,3H2,1-2H3,(H,17,18)(H,19,20). The molecule has 0 fully saturated rings. The van der Waals surface area contributed by atoms with Gasteiger partial charge in [0, 0.05) is 11.8 Å². The monoisotopic (exact) mass is 290 g/mol. The molecule has 0 aliphatic heterocycles. The van der Waals surface area contributed by atoms with E-state index in [-0.39, 0.29) is 11.3 Å². The molecule has 0 saturated heterocycles. The molecular weight excluding hydrogens is 275 g/mol. The van der Waals surface area contributed by atoms with Gasteiger partial charge in [0.15, 0.2) is 11.6 Å². The average molecular weight is 290 g/mol. The summed E-state index contributed by atoms with van der Waals surface area (Å²) in [4.78, 5) is 15.0. The number of nitrogens with one attached hydrogen (secondary N) is 1. The molecule has 1 aromatic carbocycles. The molecule has 0 aliphatic carbocycles. The number of rotatable bonds is 5. The Labute approximate surface area is 121 Å². The molecule has 1 heterocycles. The Bertz CT molecular complexity index is 674. The van der Waals surface area contributed by atoms with Crippen LogP contribution < -0.4 is 10.1 Å². The molecule has 110 valence electrons. The minimum atomic E-state index is -1.03. The highest BCUT2D eigenvalue weighted by Crippen LogP contribution is 2.23. The smallest absolute Gasteiger partial charge is 0.337 e. The fourth-order valence-corrected chi connectivity index (χ4v) is 1.86. The van der Waals surface area contributed by atoms with E-state index >= 15 is 0 Å². The maximum absolute atomic E-state index is 13.7. The van der Waals surface area contributed by atoms with Crippen LogP contribution in [0.2, 0.25) is 0 Å². The van der Waals surface area contributed by atoms with Gasteiger partial charge in [0.05, 0.1) is 17.9 Å². The van der Waals surface area contributed by atoms with Gasteiger partial charge < -0.3 is 15.2 Å². The Hall–Kier alpha value is -2.63. The summed E-state index contributed by atoms with van der Waals surface area (Å²) >= 11 is 0. The van der Waals surface area contributed by atoms with Crippen molar-refractivity contribution >= 4 is 17.5 Å². The minimum Gasteiger partial charge on any atom is -0.491 e. The van der Waals surface area contributed by atoms with Crippen LogP contribution in [-0.4, -0.2) is 22.7 Å². The van der Waals surface area contributed by atoms with Crippen LogP contribution in [0.4, 0.5) is 15.9 Å². The van der Waals surface area contributed by atoms with Crippen molar-refractivity contribution in [2.24, 2.45) is 0 Å². The van der Waals surface area contributed by atoms with E-state index in [0.29, 0.717) is 23.8 Å². The predicted octanol–water partition coefficient (Wildman–Crippen LogP) is 3.37. The van der Waals surface area contributed by atoms with E-state index in [2.05, 4.69) is 10.3 Å². The first-order valence-electron chi connectivity index (χ1n) is 6.41. The molecule has 0 radical (unpaired) electrons. The number of aromatic nitrogens is 1. The van der Waals surface area contributed by atoms with Crippen LogP contribution in [0, 0.1) is 12.7 Å². The first kappa shape index (κ1) is 14.8. The molecule has 0 atom stereocenters. The maximum Gasteiger partial charge on any atom is 0.337 e. The number of carbonyl (C=O) groups is 1. The van der Waals surface area contributed by atoms with Gasteiger partial charge in [-0.25, -0.2) is 14.2 Å². The number of aromatic carboxylic acids is 1. The molecule has 0 bridgehead atoms. The molecule has 6 heteroatoms. The second-order valence-electron chi connectivity index (χ2n) is 4.34. The first-order chi connectivity index (χ1) is 10.0. The number of benzene rings is 1. The lowest BCUT2D eigenvalue weighted by Gasteiger charge is -2.10. The van der Waals surface area contributed by atoms with Gasteiger partial charge in [0.1, 0.15) is 5.82 Å². The van der Waals surface area contributed by atoms with Crippen LogP contribution in [-0.2, 0) is 0 Å². The second kappa shape index (κ2) is 6.21. The van der Waals surface area contributed by atoms with E-state index in [0.717, 1.165) is 0 Å². The number of aryl methyl sites for hydroxylation is 1. The van der Waals surface area contributed by atoms with Crippen LogP contribution in [0.3, 0.4) is 0 Å². The van der Waals surface area contributed by atoms with Crippen molar-refractivity contribution in [2.45, 2.75) is 13.8 Å². The third-order valence-corrected chi connectivity index (χ3v) is 2.82. The predicted molar refractivity (Wildman–Crippen MR) is 76.8 cm³/mol. The Balaban J connectivity index is 2.20. The quantitative estimate of drug-likeness (QED) is 0.883. The van der Waals surface area contributed by atoms with E-state index < -0.39 is 11.8 Å². The van der Waals surface area contributed by atoms with Gasteiger partial charge in [-0.3, -0.25) is 0 Å². The van der Waals surface area contributed by atoms with Crippen LogP contribution in [0.15, 0.2) is 30.3 Å². The van der Waals surface area contributed by atoms with E-state index in [9.17, 15) is 9.18 Å². The summed E-state index contributed by atoms with van der Waals surface area (Å²) in [7, 11) is 0. The van der Waals surface area contributed by atoms with Gasteiger partial charge >= 0.3 is 5.97 Å². The number of nitrogens with zero attached hydrogens (tertiary/aromatic N) is 1. The molecule has 0 amide bonds. The van der Waals surface area contributed by atoms with Gasteiger partial charge in [0.2, 0.25) is 0 Å². The molecule has 5 nitrogen and oxygen atoms in total. The first-order valence-corrected chi connectivity index (χ1v) is 6.41. The highest BCUT2D eigenvalue weighted by Gasteiger charge is 2.09. The minimum absolute atomic E-state index is 0.137. The van der Waals surface area contributed by atoms with Gasteiger partial charge in [-0.15, -0.1) is 0 Å². The van der Waals surface area contributed by atoms with E-state index in [1.165, 1.54) is 24.3 Å². The van der Waals surface area contributed by atoms with Gasteiger partial charge in [0.25, 0.3) is 0 Å². The summed E-state index contributed by atoms with van der Waals surface area (Å²) in [6.45, 7) is 3.77. The number of ether oxygens (including phenoxy) is 1. The maximum atomic E-state index is 13.7. The van der Waals surface area contributed by atoms with Crippen molar-refractivity contribution in [1.82, 2.24) is 4.98 Å². The molecular formula is C15H15FN2O3. The third-order valence-electron chi connectivity index (χ3n) is 2.82. The van der Waals surface area contributed by atoms with Crippen molar-refractivity contribution in [3.05, 3.63) is 47.4 Å². The topological polar surface area (TPSA) is 71.5 Å². The Morgan fingerprint density at radius 1 is 1.38 bits per heavy atom. The van der Waals surface area contributed by atoms with Gasteiger partial charge in [-0.05, 0) is 38.1 Å². The number of hydrogen-bond acceptors (Lipinski definition) is 4.